The van der Waals surface area contributed by atoms with Crippen LogP contribution in [0.25, 0.3) is 6.08 Å². The van der Waals surface area contributed by atoms with E-state index in [9.17, 15) is 14.0 Å². The molecule has 0 radical (unpaired) electrons. The number of nitrogens with zero attached hydrogens (tertiary/aromatic N) is 2. The Labute approximate surface area is 218 Å². The number of likely N-dealkylation sites (N-methyl/N-ethyl adjacent to an activating group) is 1. The minimum Gasteiger partial charge on any atom is -0.490 e. The van der Waals surface area contributed by atoms with E-state index in [0.29, 0.717) is 45.0 Å². The Bertz CT molecular complexity index is 1370. The van der Waals surface area contributed by atoms with Gasteiger partial charge in [-0.3, -0.25) is 9.69 Å². The van der Waals surface area contributed by atoms with Crippen molar-refractivity contribution < 1.29 is 28.2 Å². The van der Waals surface area contributed by atoms with Crippen molar-refractivity contribution in [3.63, 3.8) is 0 Å². The zero-order chi connectivity index (χ0) is 26.4. The monoisotopic (exact) mass is 520 g/mol. The zero-order valence-electron chi connectivity index (χ0n) is 20.6. The Morgan fingerprint density at radius 2 is 1.81 bits per heavy atom. The van der Waals surface area contributed by atoms with E-state index in [1.807, 2.05) is 6.92 Å². The molecule has 1 amide bonds. The van der Waals surface area contributed by atoms with E-state index in [0.717, 1.165) is 5.56 Å². The van der Waals surface area contributed by atoms with Crippen molar-refractivity contribution in [2.45, 2.75) is 13.5 Å². The molecule has 1 aliphatic rings. The highest BCUT2D eigenvalue weighted by atomic mass is 32.2. The highest BCUT2D eigenvalue weighted by molar-refractivity contribution is 8.18. The summed E-state index contributed by atoms with van der Waals surface area (Å²) in [7, 11) is 2.98. The van der Waals surface area contributed by atoms with E-state index in [4.69, 9.17) is 14.2 Å². The number of benzene rings is 3. The molecule has 7 nitrogen and oxygen atoms in total. The van der Waals surface area contributed by atoms with Crippen molar-refractivity contribution in [2.75, 3.05) is 20.8 Å². The van der Waals surface area contributed by atoms with Crippen LogP contribution in [0.4, 0.5) is 10.1 Å². The van der Waals surface area contributed by atoms with Crippen LogP contribution in [-0.4, -0.2) is 42.7 Å². The SMILES string of the molecule is CCOc1cc(/C=C2\SC(=Nc3ccc(C(=O)OC)cc3)N(C)C2=O)ccc1OCc1ccccc1F. The van der Waals surface area contributed by atoms with Crippen molar-refractivity contribution in [3.8, 4) is 11.5 Å². The fourth-order valence-electron chi connectivity index (χ4n) is 3.48. The highest BCUT2D eigenvalue weighted by Crippen LogP contribution is 2.35. The minimum absolute atomic E-state index is 0.0623. The summed E-state index contributed by atoms with van der Waals surface area (Å²) in [5, 5.41) is 0.511. The van der Waals surface area contributed by atoms with Crippen LogP contribution in [-0.2, 0) is 16.1 Å². The lowest BCUT2D eigenvalue weighted by Gasteiger charge is -2.13. The summed E-state index contributed by atoms with van der Waals surface area (Å²) in [6.45, 7) is 2.34. The molecular formula is C28H25FN2O5S. The first-order valence-corrected chi connectivity index (χ1v) is 12.3. The van der Waals surface area contributed by atoms with Gasteiger partial charge in [0.05, 0.1) is 29.9 Å². The molecule has 0 saturated carbocycles. The molecule has 1 heterocycles. The number of ether oxygens (including phenoxy) is 3. The van der Waals surface area contributed by atoms with Gasteiger partial charge in [0.2, 0.25) is 0 Å². The van der Waals surface area contributed by atoms with Crippen LogP contribution < -0.4 is 9.47 Å². The normalized spacial score (nSPS) is 15.4. The Morgan fingerprint density at radius 1 is 1.05 bits per heavy atom. The Morgan fingerprint density at radius 3 is 2.51 bits per heavy atom. The number of halogens is 1. The van der Waals surface area contributed by atoms with Crippen molar-refractivity contribution in [1.29, 1.82) is 0 Å². The summed E-state index contributed by atoms with van der Waals surface area (Å²) in [5.41, 5.74) is 2.21. The molecule has 37 heavy (non-hydrogen) atoms. The van der Waals surface area contributed by atoms with Crippen molar-refractivity contribution in [2.24, 2.45) is 4.99 Å². The van der Waals surface area contributed by atoms with E-state index >= 15 is 0 Å². The summed E-state index contributed by atoms with van der Waals surface area (Å²) in [4.78, 5) is 31.0. The molecule has 3 aromatic carbocycles. The van der Waals surface area contributed by atoms with Gasteiger partial charge in [-0.25, -0.2) is 14.2 Å². The average molecular weight is 521 g/mol. The van der Waals surface area contributed by atoms with Gasteiger partial charge in [0.1, 0.15) is 12.4 Å². The molecule has 0 aliphatic carbocycles. The number of amides is 1. The van der Waals surface area contributed by atoms with Crippen molar-refractivity contribution in [1.82, 2.24) is 4.90 Å². The number of methoxy groups -OCH3 is 1. The number of hydrogen-bond acceptors (Lipinski definition) is 7. The molecular weight excluding hydrogens is 495 g/mol. The molecule has 0 bridgehead atoms. The van der Waals surface area contributed by atoms with Gasteiger partial charge in [0, 0.05) is 12.6 Å². The van der Waals surface area contributed by atoms with E-state index in [1.165, 1.54) is 29.8 Å². The lowest BCUT2D eigenvalue weighted by atomic mass is 10.1. The van der Waals surface area contributed by atoms with Crippen LogP contribution in [0, 0.1) is 5.82 Å². The maximum atomic E-state index is 13.9. The van der Waals surface area contributed by atoms with E-state index < -0.39 is 5.97 Å². The second kappa shape index (κ2) is 11.7. The lowest BCUT2D eigenvalue weighted by molar-refractivity contribution is -0.121. The smallest absolute Gasteiger partial charge is 0.337 e. The van der Waals surface area contributed by atoms with Gasteiger partial charge in [-0.15, -0.1) is 0 Å². The minimum atomic E-state index is -0.429. The maximum Gasteiger partial charge on any atom is 0.337 e. The molecule has 9 heteroatoms. The first-order valence-electron chi connectivity index (χ1n) is 11.5. The number of carbonyl (C=O) groups is 2. The number of amidine groups is 1. The van der Waals surface area contributed by atoms with Gasteiger partial charge < -0.3 is 14.2 Å². The number of hydrogen-bond donors (Lipinski definition) is 0. The van der Waals surface area contributed by atoms with Crippen LogP contribution in [0.2, 0.25) is 0 Å². The van der Waals surface area contributed by atoms with Crippen molar-refractivity contribution in [3.05, 3.63) is 94.1 Å². The second-order valence-electron chi connectivity index (χ2n) is 7.93. The first-order chi connectivity index (χ1) is 17.9. The fourth-order valence-corrected chi connectivity index (χ4v) is 4.46. The summed E-state index contributed by atoms with van der Waals surface area (Å²) in [5.74, 6) is 0.0263. The standard InChI is InChI=1S/C28H25FN2O5S/c1-4-35-24-15-18(9-14-23(24)36-17-20-7-5-6-8-22(20)29)16-25-26(32)31(2)28(37-25)30-21-12-10-19(11-13-21)27(33)34-3/h5-16H,4,17H2,1-3H3/b25-16-,30-28?. The Kier molecular flexibility index (Phi) is 8.25. The van der Waals surface area contributed by atoms with E-state index in [2.05, 4.69) is 4.99 Å². The van der Waals surface area contributed by atoms with Gasteiger partial charge in [-0.1, -0.05) is 24.3 Å². The summed E-state index contributed by atoms with van der Waals surface area (Å²) in [6.07, 6.45) is 1.76. The average Bonchev–Trinajstić information content (AvgIpc) is 3.16. The van der Waals surface area contributed by atoms with Crippen LogP contribution in [0.15, 0.2) is 76.6 Å². The number of carbonyl (C=O) groups excluding carboxylic acids is 2. The largest absolute Gasteiger partial charge is 0.490 e. The van der Waals surface area contributed by atoms with Gasteiger partial charge in [0.15, 0.2) is 16.7 Å². The van der Waals surface area contributed by atoms with Gasteiger partial charge in [-0.05, 0) is 72.8 Å². The summed E-state index contributed by atoms with van der Waals surface area (Å²) < 4.78 is 30.2. The third-order valence-electron chi connectivity index (χ3n) is 5.42. The van der Waals surface area contributed by atoms with Crippen LogP contribution in [0.1, 0.15) is 28.4 Å². The fraction of sp³-hybridized carbons (Fsp3) is 0.179. The predicted octanol–water partition coefficient (Wildman–Crippen LogP) is 5.82. The number of thioether (sulfide) groups is 1. The highest BCUT2D eigenvalue weighted by Gasteiger charge is 2.30. The molecule has 3 aromatic rings. The molecule has 0 aromatic heterocycles. The molecule has 1 saturated heterocycles. The second-order valence-corrected chi connectivity index (χ2v) is 8.94. The summed E-state index contributed by atoms with van der Waals surface area (Å²) >= 11 is 1.25. The Balaban J connectivity index is 1.52. The van der Waals surface area contributed by atoms with Gasteiger partial charge in [0.25, 0.3) is 5.91 Å². The lowest BCUT2D eigenvalue weighted by Crippen LogP contribution is -2.23. The predicted molar refractivity (Wildman–Crippen MR) is 142 cm³/mol. The zero-order valence-corrected chi connectivity index (χ0v) is 21.4. The molecule has 1 fully saturated rings. The maximum absolute atomic E-state index is 13.9. The molecule has 4 rings (SSSR count). The topological polar surface area (TPSA) is 77.4 Å². The van der Waals surface area contributed by atoms with Crippen LogP contribution in [0.5, 0.6) is 11.5 Å². The van der Waals surface area contributed by atoms with Crippen LogP contribution in [0.3, 0.4) is 0 Å². The van der Waals surface area contributed by atoms with E-state index in [-0.39, 0.29) is 18.3 Å². The molecule has 0 N–H and O–H groups in total. The molecule has 0 spiro atoms. The molecule has 0 atom stereocenters. The van der Waals surface area contributed by atoms with Crippen molar-refractivity contribution >= 4 is 40.6 Å². The molecule has 190 valence electrons. The third kappa shape index (κ3) is 6.18. The van der Waals surface area contributed by atoms with E-state index in [1.54, 1.807) is 73.8 Å². The quantitative estimate of drug-likeness (QED) is 0.275. The van der Waals surface area contributed by atoms with Crippen LogP contribution >= 0.6 is 11.8 Å². The Hall–Kier alpha value is -4.11. The summed E-state index contributed by atoms with van der Waals surface area (Å²) in [6, 6.07) is 18.4. The van der Waals surface area contributed by atoms with Gasteiger partial charge >= 0.3 is 5.97 Å². The molecule has 1 aliphatic heterocycles. The number of esters is 1. The third-order valence-corrected chi connectivity index (χ3v) is 6.48. The van der Waals surface area contributed by atoms with Gasteiger partial charge in [-0.2, -0.15) is 0 Å². The first kappa shape index (κ1) is 26.0. The number of aliphatic imine (C=N–C) groups is 1. The molecule has 0 unspecified atom stereocenters. The number of rotatable bonds is 8.